The van der Waals surface area contributed by atoms with Gasteiger partial charge in [-0.2, -0.15) is 5.26 Å². The third kappa shape index (κ3) is 1.47. The van der Waals surface area contributed by atoms with Crippen LogP contribution in [-0.2, 0) is 0 Å². The molecule has 4 bridgehead atoms. The predicted molar refractivity (Wildman–Crippen MR) is 66.6 cm³/mol. The van der Waals surface area contributed by atoms with Crippen molar-refractivity contribution in [3.05, 3.63) is 16.1 Å². The fraction of sp³-hybridized carbons (Fsp3) is 0.714. The largest absolute Gasteiger partial charge is 0.231 e. The second-order valence-corrected chi connectivity index (χ2v) is 7.00. The Labute approximate surface area is 106 Å². The third-order valence-corrected chi connectivity index (χ3v) is 5.95. The summed E-state index contributed by atoms with van der Waals surface area (Å²) >= 11 is 1.52. The van der Waals surface area contributed by atoms with Gasteiger partial charge >= 0.3 is 0 Å². The van der Waals surface area contributed by atoms with Crippen molar-refractivity contribution in [3.63, 3.8) is 0 Å². The van der Waals surface area contributed by atoms with E-state index in [1.807, 2.05) is 0 Å². The van der Waals surface area contributed by atoms with E-state index in [9.17, 15) is 0 Å². The Hall–Kier alpha value is -0.880. The molecule has 0 N–H and O–H groups in total. The van der Waals surface area contributed by atoms with Gasteiger partial charge in [0.2, 0.25) is 0 Å². The Kier molecular flexibility index (Phi) is 2.11. The summed E-state index contributed by atoms with van der Waals surface area (Å²) in [6, 6.07) is 2.18. The van der Waals surface area contributed by atoms with Crippen LogP contribution >= 0.6 is 11.3 Å². The van der Waals surface area contributed by atoms with E-state index in [-0.39, 0.29) is 0 Å². The molecule has 1 aromatic heterocycles. The van der Waals surface area contributed by atoms with Crippen LogP contribution in [0.15, 0.2) is 5.38 Å². The number of nitriles is 1. The van der Waals surface area contributed by atoms with Crippen LogP contribution in [0.3, 0.4) is 0 Å². The van der Waals surface area contributed by atoms with Crippen LogP contribution in [0.2, 0.25) is 0 Å². The molecule has 4 saturated carbocycles. The van der Waals surface area contributed by atoms with Crippen molar-refractivity contribution in [2.75, 3.05) is 0 Å². The molecular formula is C14H16N2S. The molecule has 88 valence electrons. The zero-order chi connectivity index (χ0) is 11.4. The molecule has 0 amide bonds. The van der Waals surface area contributed by atoms with E-state index in [2.05, 4.69) is 16.4 Å². The van der Waals surface area contributed by atoms with Crippen molar-refractivity contribution >= 4 is 11.3 Å². The molecule has 0 unspecified atom stereocenters. The van der Waals surface area contributed by atoms with Crippen molar-refractivity contribution in [1.29, 1.82) is 5.26 Å². The molecule has 0 aromatic carbocycles. The Morgan fingerprint density at radius 1 is 1.12 bits per heavy atom. The van der Waals surface area contributed by atoms with Gasteiger partial charge in [-0.15, -0.1) is 11.3 Å². The van der Waals surface area contributed by atoms with Crippen LogP contribution in [0, 0.1) is 35.0 Å². The molecule has 0 atom stereocenters. The first-order chi connectivity index (χ1) is 8.33. The van der Waals surface area contributed by atoms with Crippen molar-refractivity contribution in [2.45, 2.75) is 38.0 Å². The van der Waals surface area contributed by atoms with Gasteiger partial charge in [-0.05, 0) is 55.8 Å². The Morgan fingerprint density at radius 3 is 2.29 bits per heavy atom. The van der Waals surface area contributed by atoms with E-state index in [4.69, 9.17) is 5.26 Å². The monoisotopic (exact) mass is 244 g/mol. The lowest BCUT2D eigenvalue weighted by Crippen LogP contribution is -2.43. The molecule has 3 heteroatoms. The summed E-state index contributed by atoms with van der Waals surface area (Å²) in [5.41, 5.74) is 1.24. The second kappa shape index (κ2) is 3.55. The maximum absolute atomic E-state index is 8.90. The highest BCUT2D eigenvalue weighted by Crippen LogP contribution is 2.59. The van der Waals surface area contributed by atoms with E-state index in [0.717, 1.165) is 23.7 Å². The highest BCUT2D eigenvalue weighted by molar-refractivity contribution is 7.10. The van der Waals surface area contributed by atoms with Gasteiger partial charge < -0.3 is 0 Å². The van der Waals surface area contributed by atoms with Crippen LogP contribution in [0.25, 0.3) is 0 Å². The first kappa shape index (κ1) is 10.1. The fourth-order valence-electron chi connectivity index (χ4n) is 4.90. The zero-order valence-electron chi connectivity index (χ0n) is 9.80. The number of rotatable bonds is 1. The lowest BCUT2D eigenvalue weighted by atomic mass is 9.51. The summed E-state index contributed by atoms with van der Waals surface area (Å²) < 4.78 is 0. The van der Waals surface area contributed by atoms with E-state index in [1.165, 1.54) is 49.1 Å². The van der Waals surface area contributed by atoms with Crippen LogP contribution in [0.1, 0.15) is 48.7 Å². The van der Waals surface area contributed by atoms with Crippen LogP contribution in [0.4, 0.5) is 0 Å². The number of hydrogen-bond acceptors (Lipinski definition) is 3. The van der Waals surface area contributed by atoms with Crippen LogP contribution in [-0.4, -0.2) is 4.98 Å². The molecule has 1 aromatic rings. The highest BCUT2D eigenvalue weighted by atomic mass is 32.1. The third-order valence-electron chi connectivity index (χ3n) is 5.19. The lowest BCUT2D eigenvalue weighted by molar-refractivity contribution is -0.00397. The molecule has 0 spiro atoms. The first-order valence-electron chi connectivity index (χ1n) is 6.69. The molecule has 4 aliphatic rings. The molecule has 0 radical (unpaired) electrons. The van der Waals surface area contributed by atoms with E-state index in [0.29, 0.717) is 10.9 Å². The summed E-state index contributed by atoms with van der Waals surface area (Å²) in [5.74, 6) is 4.46. The molecule has 5 rings (SSSR count). The van der Waals surface area contributed by atoms with Gasteiger partial charge in [-0.3, -0.25) is 0 Å². The van der Waals surface area contributed by atoms with Crippen molar-refractivity contribution in [2.24, 2.45) is 23.7 Å². The minimum Gasteiger partial charge on any atom is -0.231 e. The van der Waals surface area contributed by atoms with E-state index < -0.39 is 0 Å². The summed E-state index contributed by atoms with van der Waals surface area (Å²) in [5, 5.41) is 11.7. The SMILES string of the molecule is N#Cc1nc(C2C3CC4CC(C3)CC2C4)cs1. The normalized spacial score (nSPS) is 42.6. The van der Waals surface area contributed by atoms with Gasteiger partial charge in [0.25, 0.3) is 0 Å². The molecule has 2 nitrogen and oxygen atoms in total. The minimum atomic E-state index is 0.647. The Morgan fingerprint density at radius 2 is 1.76 bits per heavy atom. The number of hydrogen-bond donors (Lipinski definition) is 0. The lowest BCUT2D eigenvalue weighted by Gasteiger charge is -2.54. The van der Waals surface area contributed by atoms with Crippen molar-refractivity contribution < 1.29 is 0 Å². The second-order valence-electron chi connectivity index (χ2n) is 6.15. The number of aromatic nitrogens is 1. The molecule has 0 aliphatic heterocycles. The highest BCUT2D eigenvalue weighted by Gasteiger charge is 2.49. The molecule has 1 heterocycles. The van der Waals surface area contributed by atoms with Gasteiger partial charge in [0.1, 0.15) is 6.07 Å². The maximum atomic E-state index is 8.90. The minimum absolute atomic E-state index is 0.647. The standard InChI is InChI=1S/C14H16N2S/c15-6-13-16-12(7-17-13)14-10-2-8-1-9(4-10)5-11(14)3-8/h7-11,14H,1-5H2. The number of thiazole rings is 1. The molecular weight excluding hydrogens is 228 g/mol. The van der Waals surface area contributed by atoms with E-state index in [1.54, 1.807) is 0 Å². The Balaban J connectivity index is 1.68. The van der Waals surface area contributed by atoms with Crippen molar-refractivity contribution in [1.82, 2.24) is 4.98 Å². The summed E-state index contributed by atoms with van der Waals surface area (Å²) in [7, 11) is 0. The predicted octanol–water partition coefficient (Wildman–Crippen LogP) is 3.55. The molecule has 4 fully saturated rings. The van der Waals surface area contributed by atoms with E-state index >= 15 is 0 Å². The number of nitrogens with zero attached hydrogens (tertiary/aromatic N) is 2. The van der Waals surface area contributed by atoms with Crippen LogP contribution in [0.5, 0.6) is 0 Å². The summed E-state index contributed by atoms with van der Waals surface area (Å²) in [4.78, 5) is 4.53. The van der Waals surface area contributed by atoms with Gasteiger partial charge in [0.15, 0.2) is 5.01 Å². The summed E-state index contributed by atoms with van der Waals surface area (Å²) in [6.07, 6.45) is 7.21. The van der Waals surface area contributed by atoms with Gasteiger partial charge in [0.05, 0.1) is 5.69 Å². The molecule has 4 aliphatic carbocycles. The average molecular weight is 244 g/mol. The maximum Gasteiger partial charge on any atom is 0.194 e. The van der Waals surface area contributed by atoms with Crippen LogP contribution < -0.4 is 0 Å². The fourth-order valence-corrected chi connectivity index (χ4v) is 5.55. The smallest absolute Gasteiger partial charge is 0.194 e. The first-order valence-corrected chi connectivity index (χ1v) is 7.57. The molecule has 0 saturated heterocycles. The Bertz CT molecular complexity index is 457. The topological polar surface area (TPSA) is 36.7 Å². The van der Waals surface area contributed by atoms with Gasteiger partial charge in [-0.1, -0.05) is 0 Å². The zero-order valence-corrected chi connectivity index (χ0v) is 10.6. The van der Waals surface area contributed by atoms with Gasteiger partial charge in [0, 0.05) is 11.3 Å². The summed E-state index contributed by atoms with van der Waals surface area (Å²) in [6.45, 7) is 0. The van der Waals surface area contributed by atoms with Crippen molar-refractivity contribution in [3.8, 4) is 6.07 Å². The molecule has 17 heavy (non-hydrogen) atoms. The quantitative estimate of drug-likeness (QED) is 0.757. The average Bonchev–Trinajstić information content (AvgIpc) is 2.76. The van der Waals surface area contributed by atoms with Gasteiger partial charge in [-0.25, -0.2) is 4.98 Å².